The topological polar surface area (TPSA) is 80.3 Å². The van der Waals surface area contributed by atoms with Crippen molar-refractivity contribution in [1.29, 1.82) is 0 Å². The Kier molecular flexibility index (Phi) is 4.73. The SMILES string of the molecule is CC1(CO)COC(c2nc(-c3ccc(F)cc3)c(-c3ccccn3)[nH]2)OC1. The third-order valence-electron chi connectivity index (χ3n) is 4.53. The zero-order chi connectivity index (χ0) is 18.9. The number of pyridine rings is 1. The van der Waals surface area contributed by atoms with E-state index in [1.165, 1.54) is 12.1 Å². The Hall–Kier alpha value is -2.61. The molecule has 0 spiro atoms. The second-order valence-corrected chi connectivity index (χ2v) is 6.99. The zero-order valence-electron chi connectivity index (χ0n) is 14.9. The minimum absolute atomic E-state index is 0.0160. The fourth-order valence-electron chi connectivity index (χ4n) is 2.91. The standard InChI is InChI=1S/C20H20FN3O3/c1-20(10-25)11-26-19(27-12-20)18-23-16(13-5-7-14(21)8-6-13)17(24-18)15-4-2-3-9-22-15/h2-9,19,25H,10-12H2,1H3,(H,23,24). The quantitative estimate of drug-likeness (QED) is 0.737. The molecule has 0 atom stereocenters. The average molecular weight is 369 g/mol. The van der Waals surface area contributed by atoms with Crippen LogP contribution in [0, 0.1) is 11.2 Å². The van der Waals surface area contributed by atoms with Gasteiger partial charge >= 0.3 is 0 Å². The number of hydrogen-bond donors (Lipinski definition) is 2. The molecule has 140 valence electrons. The van der Waals surface area contributed by atoms with E-state index in [1.54, 1.807) is 18.3 Å². The first-order valence-corrected chi connectivity index (χ1v) is 8.69. The molecule has 0 aliphatic carbocycles. The van der Waals surface area contributed by atoms with E-state index < -0.39 is 11.7 Å². The molecular weight excluding hydrogens is 349 g/mol. The molecule has 2 aromatic heterocycles. The van der Waals surface area contributed by atoms with Crippen molar-refractivity contribution in [3.8, 4) is 22.6 Å². The fraction of sp³-hybridized carbons (Fsp3) is 0.300. The Balaban J connectivity index is 1.71. The molecule has 1 aromatic carbocycles. The molecule has 1 fully saturated rings. The summed E-state index contributed by atoms with van der Waals surface area (Å²) >= 11 is 0. The lowest BCUT2D eigenvalue weighted by atomic mass is 9.94. The van der Waals surface area contributed by atoms with Crippen LogP contribution in [0.4, 0.5) is 4.39 Å². The number of imidazole rings is 1. The Morgan fingerprint density at radius 3 is 2.56 bits per heavy atom. The predicted molar refractivity (Wildman–Crippen MR) is 97.1 cm³/mol. The third-order valence-corrected chi connectivity index (χ3v) is 4.53. The average Bonchev–Trinajstić information content (AvgIpc) is 3.15. The van der Waals surface area contributed by atoms with Crippen molar-refractivity contribution in [2.45, 2.75) is 13.2 Å². The van der Waals surface area contributed by atoms with Gasteiger partial charge in [-0.05, 0) is 36.4 Å². The highest BCUT2D eigenvalue weighted by molar-refractivity contribution is 5.76. The minimum Gasteiger partial charge on any atom is -0.396 e. The summed E-state index contributed by atoms with van der Waals surface area (Å²) in [6.07, 6.45) is 1.03. The Bertz CT molecular complexity index is 904. The van der Waals surface area contributed by atoms with Crippen molar-refractivity contribution in [2.75, 3.05) is 19.8 Å². The molecule has 3 aromatic rings. The van der Waals surface area contributed by atoms with Crippen LogP contribution in [0.5, 0.6) is 0 Å². The van der Waals surface area contributed by atoms with Gasteiger partial charge in [-0.3, -0.25) is 4.98 Å². The van der Waals surface area contributed by atoms with Gasteiger partial charge in [0.05, 0.1) is 36.9 Å². The van der Waals surface area contributed by atoms with Gasteiger partial charge < -0.3 is 19.6 Å². The summed E-state index contributed by atoms with van der Waals surface area (Å²) in [4.78, 5) is 12.3. The van der Waals surface area contributed by atoms with E-state index in [2.05, 4.69) is 15.0 Å². The van der Waals surface area contributed by atoms with E-state index in [4.69, 9.17) is 9.47 Å². The smallest absolute Gasteiger partial charge is 0.217 e. The Morgan fingerprint density at radius 1 is 1.19 bits per heavy atom. The largest absolute Gasteiger partial charge is 0.396 e. The number of H-pyrrole nitrogens is 1. The first kappa shape index (κ1) is 17.8. The molecule has 4 rings (SSSR count). The summed E-state index contributed by atoms with van der Waals surface area (Å²) < 4.78 is 24.9. The Labute approximate surface area is 156 Å². The van der Waals surface area contributed by atoms with Gasteiger partial charge in [-0.1, -0.05) is 13.0 Å². The number of aliphatic hydroxyl groups is 1. The lowest BCUT2D eigenvalue weighted by Crippen LogP contribution is -2.39. The van der Waals surface area contributed by atoms with E-state index in [1.807, 2.05) is 25.1 Å². The summed E-state index contributed by atoms with van der Waals surface area (Å²) in [5.41, 5.74) is 2.40. The lowest BCUT2D eigenvalue weighted by Gasteiger charge is -2.35. The molecule has 0 radical (unpaired) electrons. The number of nitrogens with zero attached hydrogens (tertiary/aromatic N) is 2. The molecule has 2 N–H and O–H groups in total. The maximum Gasteiger partial charge on any atom is 0.217 e. The number of rotatable bonds is 4. The summed E-state index contributed by atoms with van der Waals surface area (Å²) in [7, 11) is 0. The molecule has 1 aliphatic rings. The number of nitrogens with one attached hydrogen (secondary N) is 1. The van der Waals surface area contributed by atoms with Crippen LogP contribution >= 0.6 is 0 Å². The number of aromatic amines is 1. The van der Waals surface area contributed by atoms with Crippen LogP contribution in [0.2, 0.25) is 0 Å². The van der Waals surface area contributed by atoms with Gasteiger partial charge in [-0.2, -0.15) is 0 Å². The molecule has 0 saturated carbocycles. The van der Waals surface area contributed by atoms with Gasteiger partial charge in [0, 0.05) is 17.2 Å². The first-order valence-electron chi connectivity index (χ1n) is 8.69. The van der Waals surface area contributed by atoms with E-state index in [-0.39, 0.29) is 12.4 Å². The highest BCUT2D eigenvalue weighted by Crippen LogP contribution is 2.35. The fourth-order valence-corrected chi connectivity index (χ4v) is 2.91. The van der Waals surface area contributed by atoms with Crippen molar-refractivity contribution in [1.82, 2.24) is 15.0 Å². The Morgan fingerprint density at radius 2 is 1.93 bits per heavy atom. The van der Waals surface area contributed by atoms with Gasteiger partial charge in [0.1, 0.15) is 5.82 Å². The first-order chi connectivity index (χ1) is 13.1. The zero-order valence-corrected chi connectivity index (χ0v) is 14.9. The van der Waals surface area contributed by atoms with Crippen LogP contribution in [-0.4, -0.2) is 39.9 Å². The molecule has 1 saturated heterocycles. The van der Waals surface area contributed by atoms with Gasteiger partial charge in [-0.25, -0.2) is 9.37 Å². The maximum atomic E-state index is 13.3. The van der Waals surface area contributed by atoms with Gasteiger partial charge in [0.15, 0.2) is 5.82 Å². The normalized spacial score (nSPS) is 22.7. The van der Waals surface area contributed by atoms with Crippen LogP contribution in [0.15, 0.2) is 48.7 Å². The van der Waals surface area contributed by atoms with E-state index >= 15 is 0 Å². The summed E-state index contributed by atoms with van der Waals surface area (Å²) in [6, 6.07) is 11.7. The molecule has 7 heteroatoms. The number of halogens is 1. The van der Waals surface area contributed by atoms with Crippen molar-refractivity contribution in [3.05, 3.63) is 60.3 Å². The maximum absolute atomic E-state index is 13.3. The van der Waals surface area contributed by atoms with E-state index in [0.717, 1.165) is 5.56 Å². The van der Waals surface area contributed by atoms with Crippen molar-refractivity contribution in [2.24, 2.45) is 5.41 Å². The van der Waals surface area contributed by atoms with Gasteiger partial charge in [-0.15, -0.1) is 0 Å². The lowest BCUT2D eigenvalue weighted by molar-refractivity contribution is -0.239. The number of hydrogen-bond acceptors (Lipinski definition) is 5. The molecular formula is C20H20FN3O3. The van der Waals surface area contributed by atoms with E-state index in [0.29, 0.717) is 36.1 Å². The van der Waals surface area contributed by atoms with Crippen LogP contribution in [0.25, 0.3) is 22.6 Å². The minimum atomic E-state index is -0.665. The van der Waals surface area contributed by atoms with Crippen LogP contribution in [0.1, 0.15) is 19.0 Å². The summed E-state index contributed by atoms with van der Waals surface area (Å²) in [5, 5.41) is 9.45. The van der Waals surface area contributed by atoms with Gasteiger partial charge in [0.25, 0.3) is 0 Å². The number of aromatic nitrogens is 3. The molecule has 6 nitrogen and oxygen atoms in total. The van der Waals surface area contributed by atoms with Crippen molar-refractivity contribution in [3.63, 3.8) is 0 Å². The highest BCUT2D eigenvalue weighted by atomic mass is 19.1. The second kappa shape index (κ2) is 7.19. The van der Waals surface area contributed by atoms with Crippen LogP contribution in [-0.2, 0) is 9.47 Å². The molecule has 1 aliphatic heterocycles. The third kappa shape index (κ3) is 3.62. The number of ether oxygens (including phenoxy) is 2. The van der Waals surface area contributed by atoms with E-state index in [9.17, 15) is 9.50 Å². The monoisotopic (exact) mass is 369 g/mol. The molecule has 27 heavy (non-hydrogen) atoms. The van der Waals surface area contributed by atoms with Crippen LogP contribution < -0.4 is 0 Å². The molecule has 0 bridgehead atoms. The van der Waals surface area contributed by atoms with Crippen molar-refractivity contribution < 1.29 is 19.0 Å². The van der Waals surface area contributed by atoms with Crippen LogP contribution in [0.3, 0.4) is 0 Å². The summed E-state index contributed by atoms with van der Waals surface area (Å²) in [5.74, 6) is 0.200. The number of aliphatic hydroxyl groups excluding tert-OH is 1. The summed E-state index contributed by atoms with van der Waals surface area (Å²) in [6.45, 7) is 2.60. The number of benzene rings is 1. The predicted octanol–water partition coefficient (Wildman–Crippen LogP) is 3.32. The molecule has 0 unspecified atom stereocenters. The highest BCUT2D eigenvalue weighted by Gasteiger charge is 2.34. The molecule has 3 heterocycles. The van der Waals surface area contributed by atoms with Gasteiger partial charge in [0.2, 0.25) is 6.29 Å². The van der Waals surface area contributed by atoms with Crippen molar-refractivity contribution >= 4 is 0 Å². The molecule has 0 amide bonds. The second-order valence-electron chi connectivity index (χ2n) is 6.99.